The number of aliphatic hydroxyl groups is 1. The summed E-state index contributed by atoms with van der Waals surface area (Å²) >= 11 is 0. The Morgan fingerprint density at radius 3 is 2.27 bits per heavy atom. The van der Waals surface area contributed by atoms with Gasteiger partial charge in [0.1, 0.15) is 17.2 Å². The fraction of sp³-hybridized carbons (Fsp3) is 0.286. The maximum absolute atomic E-state index is 13.4. The van der Waals surface area contributed by atoms with E-state index in [-0.39, 0.29) is 48.4 Å². The van der Waals surface area contributed by atoms with Crippen molar-refractivity contribution >= 4 is 46.3 Å². The fourth-order valence-electron chi connectivity index (χ4n) is 9.26. The van der Waals surface area contributed by atoms with Gasteiger partial charge in [-0.15, -0.1) is 0 Å². The zero-order valence-corrected chi connectivity index (χ0v) is 34.7. The molecular formula is C49H48N8O6. The molecular weight excluding hydrogens is 797 g/mol. The van der Waals surface area contributed by atoms with Crippen LogP contribution in [0.3, 0.4) is 0 Å². The molecule has 14 nitrogen and oxygen atoms in total. The number of aromatic nitrogens is 3. The van der Waals surface area contributed by atoms with E-state index < -0.39 is 29.7 Å². The number of carbonyl (C=O) groups excluding carboxylic acids is 5. The molecule has 5 amide bonds. The van der Waals surface area contributed by atoms with Gasteiger partial charge in [0.2, 0.25) is 17.7 Å². The molecule has 9 rings (SSSR count). The minimum Gasteiger partial charge on any atom is -0.393 e. The summed E-state index contributed by atoms with van der Waals surface area (Å²) in [5.74, 6) is -2.40. The van der Waals surface area contributed by atoms with Crippen molar-refractivity contribution in [2.24, 2.45) is 0 Å². The number of hydrogen-bond donors (Lipinski definition) is 5. The average Bonchev–Trinajstić information content (AvgIpc) is 3.76. The van der Waals surface area contributed by atoms with Gasteiger partial charge in [0.05, 0.1) is 34.6 Å². The van der Waals surface area contributed by atoms with E-state index in [1.54, 1.807) is 24.5 Å². The summed E-state index contributed by atoms with van der Waals surface area (Å²) in [5, 5.41) is 29.1. The zero-order chi connectivity index (χ0) is 43.6. The number of anilines is 1. The summed E-state index contributed by atoms with van der Waals surface area (Å²) in [6.45, 7) is 1.14. The number of nitrogens with zero attached hydrogens (tertiary/aromatic N) is 4. The van der Waals surface area contributed by atoms with Crippen LogP contribution in [0.5, 0.6) is 0 Å². The molecule has 0 bridgehead atoms. The third-order valence-corrected chi connectivity index (χ3v) is 12.4. The van der Waals surface area contributed by atoms with Crippen molar-refractivity contribution in [1.29, 1.82) is 5.41 Å². The van der Waals surface area contributed by atoms with Gasteiger partial charge in [-0.1, -0.05) is 91.0 Å². The highest BCUT2D eigenvalue weighted by Gasteiger charge is 2.45. The normalized spacial score (nSPS) is 18.7. The number of nitrogens with one attached hydrogen (secondary N) is 4. The van der Waals surface area contributed by atoms with Gasteiger partial charge in [0.15, 0.2) is 0 Å². The van der Waals surface area contributed by atoms with E-state index in [0.29, 0.717) is 55.7 Å². The highest BCUT2D eigenvalue weighted by Crippen LogP contribution is 2.40. The second-order valence-electron chi connectivity index (χ2n) is 16.5. The lowest BCUT2D eigenvalue weighted by molar-refractivity contribution is -0.136. The van der Waals surface area contributed by atoms with E-state index in [1.165, 1.54) is 0 Å². The third kappa shape index (κ3) is 8.17. The van der Waals surface area contributed by atoms with Gasteiger partial charge in [-0.3, -0.25) is 39.6 Å². The smallest absolute Gasteiger partial charge is 0.264 e. The molecule has 320 valence electrons. The van der Waals surface area contributed by atoms with Crippen LogP contribution in [-0.2, 0) is 27.5 Å². The predicted octanol–water partition coefficient (Wildman–Crippen LogP) is 6.09. The monoisotopic (exact) mass is 844 g/mol. The molecule has 4 heterocycles. The standard InChI is InChI=1S/C49H48N8O6/c50-45-43-41(32-12-3-1-4-13-32)44(33-14-5-2-6-15-33)55(46(43)53-29-56(45)34-19-21-35(58)22-20-34)28-31-11-7-10-30(26-31)27-52-39(59)18-9-25-51-37-17-8-16-36-42(37)49(63)57(48(36)62)38-23-24-40(60)54-47(38)61/h1-8,10-17,26,29,34-35,38,50-51,58H,9,18-25,27-28H2,(H,52,59)(H,54,60,61). The van der Waals surface area contributed by atoms with Crippen LogP contribution in [-0.4, -0.2) is 72.4 Å². The predicted molar refractivity (Wildman–Crippen MR) is 236 cm³/mol. The Morgan fingerprint density at radius 1 is 0.810 bits per heavy atom. The first-order valence-corrected chi connectivity index (χ1v) is 21.6. The molecule has 2 fully saturated rings. The number of aliphatic hydroxyl groups excluding tert-OH is 1. The van der Waals surface area contributed by atoms with Crippen LogP contribution < -0.4 is 21.4 Å². The van der Waals surface area contributed by atoms with E-state index in [0.717, 1.165) is 56.6 Å². The maximum Gasteiger partial charge on any atom is 0.264 e. The molecule has 6 aromatic rings. The van der Waals surface area contributed by atoms with Gasteiger partial charge in [0.25, 0.3) is 11.8 Å². The Hall–Kier alpha value is -7.19. The van der Waals surface area contributed by atoms with Gasteiger partial charge in [-0.2, -0.15) is 0 Å². The van der Waals surface area contributed by atoms with Crippen LogP contribution in [0.15, 0.2) is 109 Å². The molecule has 2 aromatic heterocycles. The van der Waals surface area contributed by atoms with Gasteiger partial charge in [0, 0.05) is 49.8 Å². The van der Waals surface area contributed by atoms with E-state index in [2.05, 4.69) is 56.9 Å². The molecule has 63 heavy (non-hydrogen) atoms. The van der Waals surface area contributed by atoms with Gasteiger partial charge >= 0.3 is 0 Å². The number of piperidine rings is 1. The average molecular weight is 845 g/mol. The largest absolute Gasteiger partial charge is 0.393 e. The maximum atomic E-state index is 13.4. The SMILES string of the molecule is N=c1c2c(-c3ccccc3)c(-c3ccccc3)n(Cc3cccc(CNC(=O)CCCNc4cccc5c4C(=O)N(C4CCC(=O)NC4=O)C5=O)c3)c2ncn1C1CCC(O)CC1. The molecule has 0 radical (unpaired) electrons. The molecule has 4 aromatic carbocycles. The fourth-order valence-corrected chi connectivity index (χ4v) is 9.26. The molecule has 5 N–H and O–H groups in total. The van der Waals surface area contributed by atoms with E-state index >= 15 is 0 Å². The van der Waals surface area contributed by atoms with Crippen molar-refractivity contribution in [2.75, 3.05) is 11.9 Å². The number of imide groups is 2. The number of benzene rings is 4. The highest BCUT2D eigenvalue weighted by molar-refractivity contribution is 6.25. The van der Waals surface area contributed by atoms with E-state index in [1.807, 2.05) is 53.1 Å². The molecule has 1 atom stereocenters. The van der Waals surface area contributed by atoms with Crippen molar-refractivity contribution < 1.29 is 29.1 Å². The first-order valence-electron chi connectivity index (χ1n) is 21.6. The van der Waals surface area contributed by atoms with Gasteiger partial charge < -0.3 is 24.9 Å². The molecule has 2 aliphatic heterocycles. The molecule has 14 heteroatoms. The summed E-state index contributed by atoms with van der Waals surface area (Å²) < 4.78 is 4.18. The van der Waals surface area contributed by atoms with Crippen LogP contribution >= 0.6 is 0 Å². The Bertz CT molecular complexity index is 2810. The lowest BCUT2D eigenvalue weighted by Crippen LogP contribution is -2.54. The summed E-state index contributed by atoms with van der Waals surface area (Å²) in [6, 6.07) is 32.4. The first kappa shape index (κ1) is 41.2. The van der Waals surface area contributed by atoms with Crippen LogP contribution in [0.4, 0.5) is 5.69 Å². The number of hydrogen-bond acceptors (Lipinski definition) is 9. The van der Waals surface area contributed by atoms with Gasteiger partial charge in [-0.05, 0) is 72.9 Å². The van der Waals surface area contributed by atoms with Gasteiger partial charge in [-0.25, -0.2) is 4.98 Å². The van der Waals surface area contributed by atoms with E-state index in [9.17, 15) is 34.5 Å². The minimum atomic E-state index is -1.05. The minimum absolute atomic E-state index is 0.0413. The number of carbonyl (C=O) groups is 5. The third-order valence-electron chi connectivity index (χ3n) is 12.4. The topological polar surface area (TPSA) is 192 Å². The molecule has 0 spiro atoms. The van der Waals surface area contributed by atoms with Crippen LogP contribution in [0, 0.1) is 5.41 Å². The van der Waals surface area contributed by atoms with Crippen LogP contribution in [0.1, 0.15) is 89.3 Å². The molecule has 3 aliphatic rings. The summed E-state index contributed by atoms with van der Waals surface area (Å²) in [7, 11) is 0. The summed E-state index contributed by atoms with van der Waals surface area (Å²) in [5.41, 5.74) is 7.76. The van der Waals surface area contributed by atoms with Crippen LogP contribution in [0.2, 0.25) is 0 Å². The molecule has 1 saturated carbocycles. The van der Waals surface area contributed by atoms with Crippen molar-refractivity contribution in [3.05, 3.63) is 137 Å². The van der Waals surface area contributed by atoms with Crippen molar-refractivity contribution in [3.8, 4) is 22.4 Å². The highest BCUT2D eigenvalue weighted by atomic mass is 16.3. The molecule has 1 aliphatic carbocycles. The Kier molecular flexibility index (Phi) is 11.5. The lowest BCUT2D eigenvalue weighted by Gasteiger charge is -2.27. The Morgan fingerprint density at radius 2 is 1.52 bits per heavy atom. The second-order valence-corrected chi connectivity index (χ2v) is 16.5. The number of fused-ring (bicyclic) bond motifs is 2. The summed E-state index contributed by atoms with van der Waals surface area (Å²) in [4.78, 5) is 69.9. The number of amides is 5. The van der Waals surface area contributed by atoms with Crippen molar-refractivity contribution in [3.63, 3.8) is 0 Å². The molecule has 1 saturated heterocycles. The number of rotatable bonds is 13. The molecule has 1 unspecified atom stereocenters. The first-order chi connectivity index (χ1) is 30.7. The van der Waals surface area contributed by atoms with Crippen molar-refractivity contribution in [2.45, 2.75) is 82.6 Å². The quantitative estimate of drug-likeness (QED) is 0.0682. The second kappa shape index (κ2) is 17.7. The Balaban J connectivity index is 0.896. The zero-order valence-electron chi connectivity index (χ0n) is 34.7. The van der Waals surface area contributed by atoms with Crippen molar-refractivity contribution in [1.82, 2.24) is 29.7 Å². The lowest BCUT2D eigenvalue weighted by atomic mass is 9.93. The Labute approximate surface area is 363 Å². The van der Waals surface area contributed by atoms with Crippen LogP contribution in [0.25, 0.3) is 33.4 Å². The summed E-state index contributed by atoms with van der Waals surface area (Å²) in [6.07, 6.45) is 5.24. The van der Waals surface area contributed by atoms with E-state index in [4.69, 9.17) is 4.98 Å².